The number of aromatic nitrogens is 3. The molecule has 0 bridgehead atoms. The molecular formula is C34H36N6O2. The minimum atomic E-state index is -0.308. The molecule has 0 atom stereocenters. The Bertz CT molecular complexity index is 1680. The van der Waals surface area contributed by atoms with Gasteiger partial charge in [-0.3, -0.25) is 15.0 Å². The Morgan fingerprint density at radius 3 is 2.36 bits per heavy atom. The quantitative estimate of drug-likeness (QED) is 0.207. The first-order valence-electron chi connectivity index (χ1n) is 14.3. The second-order valence-electron chi connectivity index (χ2n) is 11.7. The van der Waals surface area contributed by atoms with Crippen LogP contribution in [0, 0.1) is 0 Å². The highest BCUT2D eigenvalue weighted by Crippen LogP contribution is 2.35. The van der Waals surface area contributed by atoms with Crippen LogP contribution in [0.3, 0.4) is 0 Å². The predicted molar refractivity (Wildman–Crippen MR) is 169 cm³/mol. The van der Waals surface area contributed by atoms with Gasteiger partial charge in [0.2, 0.25) is 0 Å². The van der Waals surface area contributed by atoms with Gasteiger partial charge in [0.15, 0.2) is 0 Å². The molecule has 6 rings (SSSR count). The number of fused-ring (bicyclic) bond motifs is 1. The molecule has 8 nitrogen and oxygen atoms in total. The Morgan fingerprint density at radius 2 is 1.64 bits per heavy atom. The van der Waals surface area contributed by atoms with Crippen molar-refractivity contribution in [2.24, 2.45) is 0 Å². The highest BCUT2D eigenvalue weighted by atomic mass is 16.5. The van der Waals surface area contributed by atoms with E-state index in [0.29, 0.717) is 0 Å². The molecule has 2 aromatic heterocycles. The number of anilines is 2. The van der Waals surface area contributed by atoms with Gasteiger partial charge in [0, 0.05) is 54.1 Å². The second-order valence-corrected chi connectivity index (χ2v) is 11.7. The van der Waals surface area contributed by atoms with E-state index in [0.717, 1.165) is 88.5 Å². The average Bonchev–Trinajstić information content (AvgIpc) is 3.53. The number of benzene rings is 3. The van der Waals surface area contributed by atoms with Crippen LogP contribution in [0.5, 0.6) is 0 Å². The van der Waals surface area contributed by atoms with Gasteiger partial charge >= 0.3 is 6.03 Å². The van der Waals surface area contributed by atoms with Gasteiger partial charge in [0.1, 0.15) is 0 Å². The molecule has 1 fully saturated rings. The van der Waals surface area contributed by atoms with E-state index >= 15 is 0 Å². The van der Waals surface area contributed by atoms with Crippen LogP contribution in [0.15, 0.2) is 85.3 Å². The maximum atomic E-state index is 13.4. The monoisotopic (exact) mass is 560 g/mol. The Hall–Kier alpha value is -4.53. The lowest BCUT2D eigenvalue weighted by Crippen LogP contribution is -2.35. The number of urea groups is 1. The summed E-state index contributed by atoms with van der Waals surface area (Å²) in [6.45, 7) is 10.7. The summed E-state index contributed by atoms with van der Waals surface area (Å²) >= 11 is 0. The smallest absolute Gasteiger partial charge is 0.323 e. The summed E-state index contributed by atoms with van der Waals surface area (Å²) in [5.41, 5.74) is 7.49. The number of carbonyl (C=O) groups excluding carboxylic acids is 1. The van der Waals surface area contributed by atoms with Crippen molar-refractivity contribution >= 4 is 28.2 Å². The number of pyridine rings is 1. The highest BCUT2D eigenvalue weighted by Gasteiger charge is 2.19. The fraction of sp³-hybridized carbons (Fsp3) is 0.265. The Labute approximate surface area is 246 Å². The van der Waals surface area contributed by atoms with Crippen LogP contribution < -0.4 is 10.6 Å². The summed E-state index contributed by atoms with van der Waals surface area (Å²) in [7, 11) is 0. The number of H-pyrrole nitrogens is 1. The van der Waals surface area contributed by atoms with Gasteiger partial charge in [-0.15, -0.1) is 0 Å². The van der Waals surface area contributed by atoms with Crippen molar-refractivity contribution in [3.63, 3.8) is 0 Å². The van der Waals surface area contributed by atoms with Crippen molar-refractivity contribution in [2.75, 3.05) is 36.9 Å². The summed E-state index contributed by atoms with van der Waals surface area (Å²) in [5, 5.41) is 15.2. The number of amides is 2. The van der Waals surface area contributed by atoms with E-state index in [1.165, 1.54) is 0 Å². The van der Waals surface area contributed by atoms with E-state index in [1.807, 2.05) is 54.9 Å². The normalized spacial score (nSPS) is 14.2. The number of nitrogens with zero attached hydrogens (tertiary/aromatic N) is 3. The van der Waals surface area contributed by atoms with E-state index in [-0.39, 0.29) is 11.4 Å². The number of morpholine rings is 1. The topological polar surface area (TPSA) is 95.2 Å². The maximum absolute atomic E-state index is 13.4. The zero-order valence-corrected chi connectivity index (χ0v) is 24.3. The van der Waals surface area contributed by atoms with Gasteiger partial charge in [-0.25, -0.2) is 4.79 Å². The molecule has 2 amide bonds. The van der Waals surface area contributed by atoms with Gasteiger partial charge < -0.3 is 15.4 Å². The molecule has 214 valence electrons. The minimum Gasteiger partial charge on any atom is -0.379 e. The van der Waals surface area contributed by atoms with E-state index in [4.69, 9.17) is 9.72 Å². The van der Waals surface area contributed by atoms with E-state index in [9.17, 15) is 4.79 Å². The van der Waals surface area contributed by atoms with Crippen molar-refractivity contribution in [1.29, 1.82) is 0 Å². The molecule has 3 aromatic carbocycles. The van der Waals surface area contributed by atoms with Crippen LogP contribution in [-0.2, 0) is 16.7 Å². The molecule has 0 unspecified atom stereocenters. The Morgan fingerprint density at radius 1 is 0.881 bits per heavy atom. The van der Waals surface area contributed by atoms with E-state index in [2.05, 4.69) is 70.8 Å². The number of carbonyl (C=O) groups is 1. The van der Waals surface area contributed by atoms with Crippen LogP contribution in [0.1, 0.15) is 32.0 Å². The fourth-order valence-corrected chi connectivity index (χ4v) is 5.37. The molecule has 1 aliphatic heterocycles. The molecule has 8 heteroatoms. The van der Waals surface area contributed by atoms with Crippen molar-refractivity contribution in [3.05, 3.63) is 96.6 Å². The largest absolute Gasteiger partial charge is 0.379 e. The van der Waals surface area contributed by atoms with Gasteiger partial charge in [-0.05, 0) is 40.1 Å². The minimum absolute atomic E-state index is 0.0660. The van der Waals surface area contributed by atoms with Crippen LogP contribution in [-0.4, -0.2) is 52.4 Å². The Balaban J connectivity index is 1.25. The van der Waals surface area contributed by atoms with Crippen LogP contribution >= 0.6 is 0 Å². The average molecular weight is 561 g/mol. The maximum Gasteiger partial charge on any atom is 0.323 e. The number of ether oxygens (including phenoxy) is 1. The number of nitrogens with one attached hydrogen (secondary N) is 3. The second kappa shape index (κ2) is 11.8. The van der Waals surface area contributed by atoms with E-state index < -0.39 is 0 Å². The number of aromatic amines is 1. The molecule has 0 saturated carbocycles. The number of hydrogen-bond donors (Lipinski definition) is 3. The first-order valence-corrected chi connectivity index (χ1v) is 14.3. The lowest BCUT2D eigenvalue weighted by atomic mass is 9.85. The fourth-order valence-electron chi connectivity index (χ4n) is 5.37. The van der Waals surface area contributed by atoms with E-state index in [1.54, 1.807) is 6.20 Å². The first-order chi connectivity index (χ1) is 20.3. The van der Waals surface area contributed by atoms with Gasteiger partial charge in [0.05, 0.1) is 36.5 Å². The summed E-state index contributed by atoms with van der Waals surface area (Å²) in [4.78, 5) is 20.5. The molecule has 1 aliphatic rings. The summed E-state index contributed by atoms with van der Waals surface area (Å²) in [6.07, 6.45) is 5.52. The van der Waals surface area contributed by atoms with Crippen LogP contribution in [0.4, 0.5) is 16.2 Å². The number of hydrogen-bond acceptors (Lipinski definition) is 5. The molecule has 0 spiro atoms. The molecular weight excluding hydrogens is 524 g/mol. The zero-order chi connectivity index (χ0) is 29.1. The third kappa shape index (κ3) is 6.05. The van der Waals surface area contributed by atoms with Gasteiger partial charge in [0.25, 0.3) is 0 Å². The predicted octanol–water partition coefficient (Wildman–Crippen LogP) is 7.07. The van der Waals surface area contributed by atoms with Crippen molar-refractivity contribution in [2.45, 2.75) is 32.7 Å². The molecule has 3 heterocycles. The lowest BCUT2D eigenvalue weighted by molar-refractivity contribution is 0.0336. The van der Waals surface area contributed by atoms with Crippen LogP contribution in [0.2, 0.25) is 0 Å². The first kappa shape index (κ1) is 27.6. The molecule has 0 radical (unpaired) electrons. The van der Waals surface area contributed by atoms with Crippen molar-refractivity contribution in [1.82, 2.24) is 20.1 Å². The van der Waals surface area contributed by atoms with Crippen molar-refractivity contribution < 1.29 is 9.53 Å². The molecule has 3 N–H and O–H groups in total. The third-order valence-corrected chi connectivity index (χ3v) is 7.74. The molecule has 0 aliphatic carbocycles. The van der Waals surface area contributed by atoms with Crippen LogP contribution in [0.25, 0.3) is 33.0 Å². The molecule has 42 heavy (non-hydrogen) atoms. The third-order valence-electron chi connectivity index (χ3n) is 7.74. The molecule has 1 saturated heterocycles. The zero-order valence-electron chi connectivity index (χ0n) is 24.3. The highest BCUT2D eigenvalue weighted by molar-refractivity contribution is 6.10. The summed E-state index contributed by atoms with van der Waals surface area (Å²) in [5.74, 6) is 0. The van der Waals surface area contributed by atoms with Gasteiger partial charge in [-0.1, -0.05) is 69.3 Å². The summed E-state index contributed by atoms with van der Waals surface area (Å²) < 4.78 is 5.46. The summed E-state index contributed by atoms with van der Waals surface area (Å²) in [6, 6.07) is 22.2. The standard InChI is InChI=1S/C34H36N6O2/c1-34(2,3)25-9-11-28(24-20-36-37-21-24)32(18-25)39-33(41)38-31-13-12-27(29-6-4-5-7-30(29)31)23-8-10-26(35-19-23)22-40-14-16-42-17-15-40/h4-13,18-21H,14-17,22H2,1-3H3,(H,36,37)(H2,38,39,41). The number of rotatable bonds is 6. The van der Waals surface area contributed by atoms with Crippen molar-refractivity contribution in [3.8, 4) is 22.3 Å². The lowest BCUT2D eigenvalue weighted by Gasteiger charge is -2.26. The Kier molecular flexibility index (Phi) is 7.73. The van der Waals surface area contributed by atoms with Gasteiger partial charge in [-0.2, -0.15) is 5.10 Å². The SMILES string of the molecule is CC(C)(C)c1ccc(-c2cn[nH]c2)c(NC(=O)Nc2ccc(-c3ccc(CN4CCOCC4)nc3)c3ccccc23)c1. The molecule has 5 aromatic rings.